The highest BCUT2D eigenvalue weighted by atomic mass is 32.2. The van der Waals surface area contributed by atoms with Crippen molar-refractivity contribution in [2.45, 2.75) is 69.9 Å². The van der Waals surface area contributed by atoms with Crippen LogP contribution in [0.25, 0.3) is 0 Å². The molecule has 0 spiro atoms. The molecule has 2 aliphatic rings. The smallest absolute Gasteiger partial charge is 0.410 e. The lowest BCUT2D eigenvalue weighted by molar-refractivity contribution is 0.0721. The molecule has 0 aromatic heterocycles. The van der Waals surface area contributed by atoms with Crippen LogP contribution >= 0.6 is 0 Å². The predicted octanol–water partition coefficient (Wildman–Crippen LogP) is 3.89. The van der Waals surface area contributed by atoms with Crippen LogP contribution in [0.5, 0.6) is 0 Å². The molecule has 0 radical (unpaired) electrons. The molecule has 2 bridgehead atoms. The molecule has 1 aromatic rings. The van der Waals surface area contributed by atoms with Crippen LogP contribution in [0.3, 0.4) is 0 Å². The molecule has 1 N–H and O–H groups in total. The summed E-state index contributed by atoms with van der Waals surface area (Å²) in [5.41, 5.74) is 2.24. The van der Waals surface area contributed by atoms with Gasteiger partial charge in [-0.25, -0.2) is 9.00 Å². The monoisotopic (exact) mass is 376 g/mol. The van der Waals surface area contributed by atoms with Crippen LogP contribution in [-0.2, 0) is 22.3 Å². The Kier molecular flexibility index (Phi) is 5.70. The molecule has 0 aliphatic carbocycles. The van der Waals surface area contributed by atoms with E-state index in [1.165, 1.54) is 5.57 Å². The Hall–Kier alpha value is -1.82. The van der Waals surface area contributed by atoms with Crippen LogP contribution < -0.4 is 4.72 Å². The van der Waals surface area contributed by atoms with E-state index in [1.807, 2.05) is 62.2 Å². The SMILES string of the molecule is CC(C)(C)[S@](=O)NC=C1CC2CCC(C1)N2C(=O)OCc1ccccc1. The molecule has 5 nitrogen and oxygen atoms in total. The van der Waals surface area contributed by atoms with Gasteiger partial charge >= 0.3 is 6.09 Å². The molecule has 2 aliphatic heterocycles. The molecule has 2 heterocycles. The molecule has 6 heteroatoms. The largest absolute Gasteiger partial charge is 0.445 e. The second-order valence-corrected chi connectivity index (χ2v) is 10.0. The summed E-state index contributed by atoms with van der Waals surface area (Å²) >= 11 is 0. The van der Waals surface area contributed by atoms with E-state index in [9.17, 15) is 9.00 Å². The van der Waals surface area contributed by atoms with E-state index in [2.05, 4.69) is 4.72 Å². The number of carbonyl (C=O) groups excluding carboxylic acids is 1. The first-order valence-corrected chi connectivity index (χ1v) is 10.3. The second-order valence-electron chi connectivity index (χ2n) is 8.04. The number of hydrogen-bond acceptors (Lipinski definition) is 3. The normalized spacial score (nSPS) is 23.5. The van der Waals surface area contributed by atoms with Gasteiger partial charge in [-0.3, -0.25) is 0 Å². The summed E-state index contributed by atoms with van der Waals surface area (Å²) in [7, 11) is -1.11. The van der Waals surface area contributed by atoms with E-state index in [1.54, 1.807) is 0 Å². The third-order valence-electron chi connectivity index (χ3n) is 4.96. The van der Waals surface area contributed by atoms with Crippen LogP contribution in [0, 0.1) is 0 Å². The Morgan fingerprint density at radius 2 is 1.85 bits per heavy atom. The van der Waals surface area contributed by atoms with E-state index in [-0.39, 0.29) is 22.9 Å². The zero-order valence-corrected chi connectivity index (χ0v) is 16.6. The number of fused-ring (bicyclic) bond motifs is 2. The summed E-state index contributed by atoms with van der Waals surface area (Å²) < 4.78 is 20.4. The second kappa shape index (κ2) is 7.82. The number of nitrogens with zero attached hydrogens (tertiary/aromatic N) is 1. The molecule has 1 aromatic carbocycles. The van der Waals surface area contributed by atoms with Gasteiger partial charge in [-0.05, 0) is 57.6 Å². The maximum absolute atomic E-state index is 12.6. The summed E-state index contributed by atoms with van der Waals surface area (Å²) in [6.45, 7) is 6.15. The third kappa shape index (κ3) is 4.47. The van der Waals surface area contributed by atoms with Gasteiger partial charge in [-0.15, -0.1) is 0 Å². The van der Waals surface area contributed by atoms with E-state index in [4.69, 9.17) is 4.74 Å². The number of ether oxygens (including phenoxy) is 1. The molecule has 26 heavy (non-hydrogen) atoms. The highest BCUT2D eigenvalue weighted by molar-refractivity contribution is 7.84. The number of hydrogen-bond donors (Lipinski definition) is 1. The first-order chi connectivity index (χ1) is 12.3. The number of benzene rings is 1. The molecule has 1 amide bonds. The van der Waals surface area contributed by atoms with Gasteiger partial charge in [0, 0.05) is 18.3 Å². The van der Waals surface area contributed by atoms with Gasteiger partial charge in [0.15, 0.2) is 0 Å². The Balaban J connectivity index is 1.56. The molecule has 0 saturated carbocycles. The zero-order chi connectivity index (χ0) is 18.7. The maximum Gasteiger partial charge on any atom is 0.410 e. The first-order valence-electron chi connectivity index (χ1n) is 9.19. The van der Waals surface area contributed by atoms with E-state index in [0.29, 0.717) is 6.61 Å². The number of nitrogens with one attached hydrogen (secondary N) is 1. The quantitative estimate of drug-likeness (QED) is 0.867. The van der Waals surface area contributed by atoms with Crippen LogP contribution in [0.4, 0.5) is 4.79 Å². The van der Waals surface area contributed by atoms with Gasteiger partial charge in [0.25, 0.3) is 0 Å². The lowest BCUT2D eigenvalue weighted by Gasteiger charge is -2.35. The van der Waals surface area contributed by atoms with Crippen molar-refractivity contribution in [2.24, 2.45) is 0 Å². The molecule has 2 saturated heterocycles. The number of carbonyl (C=O) groups is 1. The fraction of sp³-hybridized carbons (Fsp3) is 0.550. The minimum absolute atomic E-state index is 0.188. The van der Waals surface area contributed by atoms with E-state index in [0.717, 1.165) is 31.2 Å². The summed E-state index contributed by atoms with van der Waals surface area (Å²) in [6.07, 6.45) is 5.34. The number of amides is 1. The van der Waals surface area contributed by atoms with Gasteiger partial charge in [0.2, 0.25) is 0 Å². The van der Waals surface area contributed by atoms with Crippen molar-refractivity contribution in [3.05, 3.63) is 47.7 Å². The van der Waals surface area contributed by atoms with Crippen LogP contribution in [0.2, 0.25) is 0 Å². The topological polar surface area (TPSA) is 58.6 Å². The molecule has 142 valence electrons. The molecule has 3 rings (SSSR count). The summed E-state index contributed by atoms with van der Waals surface area (Å²) in [5.74, 6) is 0. The average molecular weight is 377 g/mol. The van der Waals surface area contributed by atoms with Crippen molar-refractivity contribution in [1.29, 1.82) is 0 Å². The Morgan fingerprint density at radius 1 is 1.23 bits per heavy atom. The number of piperidine rings is 1. The Labute approximate surface area is 158 Å². The van der Waals surface area contributed by atoms with Gasteiger partial charge in [-0.1, -0.05) is 30.3 Å². The highest BCUT2D eigenvalue weighted by Crippen LogP contribution is 2.38. The predicted molar refractivity (Wildman–Crippen MR) is 104 cm³/mol. The standard InChI is InChI=1S/C20H28N2O3S/c1-20(2,3)26(24)21-13-16-11-17-9-10-18(12-16)22(17)19(23)25-14-15-7-5-4-6-8-15/h4-8,13,17-18,21H,9-12,14H2,1-3H3/t17?,18?,26-/m0/s1. The molecule has 2 unspecified atom stereocenters. The third-order valence-corrected chi connectivity index (χ3v) is 6.40. The lowest BCUT2D eigenvalue weighted by Crippen LogP contribution is -2.45. The zero-order valence-electron chi connectivity index (χ0n) is 15.7. The summed E-state index contributed by atoms with van der Waals surface area (Å²) in [5, 5.41) is 0. The van der Waals surface area contributed by atoms with Gasteiger partial charge < -0.3 is 14.4 Å². The fourth-order valence-electron chi connectivity index (χ4n) is 3.57. The fourth-order valence-corrected chi connectivity index (χ4v) is 4.20. The van der Waals surface area contributed by atoms with Crippen molar-refractivity contribution in [2.75, 3.05) is 0 Å². The van der Waals surface area contributed by atoms with Gasteiger partial charge in [0.1, 0.15) is 17.6 Å². The Morgan fingerprint density at radius 3 is 2.42 bits per heavy atom. The molecule has 2 fully saturated rings. The molecular weight excluding hydrogens is 348 g/mol. The maximum atomic E-state index is 12.6. The summed E-state index contributed by atoms with van der Waals surface area (Å²) in [6, 6.07) is 10.1. The number of rotatable bonds is 4. The van der Waals surface area contributed by atoms with E-state index < -0.39 is 11.0 Å². The van der Waals surface area contributed by atoms with Gasteiger partial charge in [-0.2, -0.15) is 0 Å². The molecular formula is C20H28N2O3S. The van der Waals surface area contributed by atoms with Crippen molar-refractivity contribution in [3.63, 3.8) is 0 Å². The van der Waals surface area contributed by atoms with Crippen molar-refractivity contribution in [3.8, 4) is 0 Å². The van der Waals surface area contributed by atoms with E-state index >= 15 is 0 Å². The van der Waals surface area contributed by atoms with Crippen molar-refractivity contribution in [1.82, 2.24) is 9.62 Å². The highest BCUT2D eigenvalue weighted by Gasteiger charge is 2.42. The lowest BCUT2D eigenvalue weighted by atomic mass is 9.98. The van der Waals surface area contributed by atoms with Crippen molar-refractivity contribution >= 4 is 17.1 Å². The minimum atomic E-state index is -1.11. The van der Waals surface area contributed by atoms with Crippen LogP contribution in [0.15, 0.2) is 42.1 Å². The van der Waals surface area contributed by atoms with Crippen molar-refractivity contribution < 1.29 is 13.7 Å². The van der Waals surface area contributed by atoms with Gasteiger partial charge in [0.05, 0.1) is 4.75 Å². The molecule has 3 atom stereocenters. The first kappa shape index (κ1) is 19.0. The van der Waals surface area contributed by atoms with Crippen LogP contribution in [0.1, 0.15) is 52.0 Å². The minimum Gasteiger partial charge on any atom is -0.445 e. The van der Waals surface area contributed by atoms with Crippen LogP contribution in [-0.4, -0.2) is 32.0 Å². The summed E-state index contributed by atoms with van der Waals surface area (Å²) in [4.78, 5) is 14.5. The Bertz CT molecular complexity index is 681. The average Bonchev–Trinajstić information content (AvgIpc) is 2.88.